The number of allylic oxidation sites excluding steroid dienone is 1. The van der Waals surface area contributed by atoms with E-state index in [1.165, 1.54) is 0 Å². The Balaban J connectivity index is 2.86. The molecule has 0 saturated heterocycles. The summed E-state index contributed by atoms with van der Waals surface area (Å²) < 4.78 is 0. The summed E-state index contributed by atoms with van der Waals surface area (Å²) >= 11 is 0. The average molecular weight is 260 g/mol. The standard InChI is InChI=1S/C17H24O2/c1-6-17(4,5)16(19)13(3)15(18)12(2)14-10-8-7-9-11-14/h6-13,15,18H,1H2,2-5H3/t12-,13+,15+/m0/s1. The van der Waals surface area contributed by atoms with Crippen LogP contribution in [0.3, 0.4) is 0 Å². The molecule has 3 atom stereocenters. The van der Waals surface area contributed by atoms with E-state index in [4.69, 9.17) is 0 Å². The first-order valence-electron chi connectivity index (χ1n) is 6.72. The maximum absolute atomic E-state index is 12.3. The summed E-state index contributed by atoms with van der Waals surface area (Å²) in [6, 6.07) is 9.78. The quantitative estimate of drug-likeness (QED) is 0.794. The van der Waals surface area contributed by atoms with Gasteiger partial charge in [0.1, 0.15) is 5.78 Å². The highest BCUT2D eigenvalue weighted by Gasteiger charge is 2.34. The van der Waals surface area contributed by atoms with E-state index in [2.05, 4.69) is 6.58 Å². The lowest BCUT2D eigenvalue weighted by Gasteiger charge is -2.29. The van der Waals surface area contributed by atoms with Gasteiger partial charge in [-0.1, -0.05) is 50.3 Å². The lowest BCUT2D eigenvalue weighted by Crippen LogP contribution is -2.37. The molecule has 1 rings (SSSR count). The minimum Gasteiger partial charge on any atom is -0.392 e. The van der Waals surface area contributed by atoms with E-state index in [-0.39, 0.29) is 11.7 Å². The number of benzene rings is 1. The molecule has 0 radical (unpaired) electrons. The van der Waals surface area contributed by atoms with Gasteiger partial charge in [0, 0.05) is 17.3 Å². The van der Waals surface area contributed by atoms with Gasteiger partial charge in [0.2, 0.25) is 0 Å². The Hall–Kier alpha value is -1.41. The minimum absolute atomic E-state index is 0.0257. The van der Waals surface area contributed by atoms with Crippen LogP contribution in [-0.4, -0.2) is 17.0 Å². The number of hydrogen-bond donors (Lipinski definition) is 1. The fraction of sp³-hybridized carbons (Fsp3) is 0.471. The molecule has 0 fully saturated rings. The van der Waals surface area contributed by atoms with Gasteiger partial charge in [0.05, 0.1) is 6.10 Å². The predicted molar refractivity (Wildman–Crippen MR) is 79.0 cm³/mol. The number of hydrogen-bond acceptors (Lipinski definition) is 2. The van der Waals surface area contributed by atoms with Gasteiger partial charge in [-0.3, -0.25) is 4.79 Å². The number of carbonyl (C=O) groups is 1. The summed E-state index contributed by atoms with van der Waals surface area (Å²) in [7, 11) is 0. The molecule has 0 saturated carbocycles. The van der Waals surface area contributed by atoms with E-state index in [0.29, 0.717) is 0 Å². The molecule has 1 aromatic carbocycles. The van der Waals surface area contributed by atoms with Crippen molar-refractivity contribution in [2.75, 3.05) is 0 Å². The molecule has 0 bridgehead atoms. The third-order valence-electron chi connectivity index (χ3n) is 3.91. The molecular formula is C17H24O2. The SMILES string of the molecule is C=CC(C)(C)C(=O)[C@H](C)[C@H](O)[C@@H](C)c1ccccc1. The van der Waals surface area contributed by atoms with Crippen molar-refractivity contribution in [1.29, 1.82) is 0 Å². The van der Waals surface area contributed by atoms with Crippen LogP contribution < -0.4 is 0 Å². The van der Waals surface area contributed by atoms with Crippen molar-refractivity contribution < 1.29 is 9.90 Å². The van der Waals surface area contributed by atoms with Crippen LogP contribution in [-0.2, 0) is 4.79 Å². The van der Waals surface area contributed by atoms with Crippen LogP contribution in [0, 0.1) is 11.3 Å². The fourth-order valence-electron chi connectivity index (χ4n) is 2.23. The highest BCUT2D eigenvalue weighted by molar-refractivity contribution is 5.88. The highest BCUT2D eigenvalue weighted by atomic mass is 16.3. The van der Waals surface area contributed by atoms with E-state index in [1.54, 1.807) is 13.0 Å². The summed E-state index contributed by atoms with van der Waals surface area (Å²) in [6.45, 7) is 11.1. The largest absolute Gasteiger partial charge is 0.392 e. The third-order valence-corrected chi connectivity index (χ3v) is 3.91. The second-order valence-corrected chi connectivity index (χ2v) is 5.77. The molecule has 1 aromatic rings. The number of aliphatic hydroxyl groups excluding tert-OH is 1. The zero-order valence-corrected chi connectivity index (χ0v) is 12.3. The number of carbonyl (C=O) groups excluding carboxylic acids is 1. The second kappa shape index (κ2) is 6.16. The first-order chi connectivity index (χ1) is 8.81. The molecule has 0 aromatic heterocycles. The Kier molecular flexibility index (Phi) is 5.07. The smallest absolute Gasteiger partial charge is 0.147 e. The number of rotatable bonds is 6. The second-order valence-electron chi connectivity index (χ2n) is 5.77. The van der Waals surface area contributed by atoms with Crippen molar-refractivity contribution in [3.05, 3.63) is 48.6 Å². The number of aliphatic hydroxyl groups is 1. The van der Waals surface area contributed by atoms with Crippen LogP contribution in [0.1, 0.15) is 39.2 Å². The van der Waals surface area contributed by atoms with Crippen molar-refractivity contribution in [2.24, 2.45) is 11.3 Å². The summed E-state index contributed by atoms with van der Waals surface area (Å²) in [6.07, 6.45) is 0.959. The molecule has 1 N–H and O–H groups in total. The van der Waals surface area contributed by atoms with Gasteiger partial charge >= 0.3 is 0 Å². The summed E-state index contributed by atoms with van der Waals surface area (Å²) in [5.41, 5.74) is 0.447. The van der Waals surface area contributed by atoms with E-state index in [9.17, 15) is 9.90 Å². The van der Waals surface area contributed by atoms with Gasteiger partial charge in [-0.15, -0.1) is 6.58 Å². The average Bonchev–Trinajstić information content (AvgIpc) is 2.44. The van der Waals surface area contributed by atoms with Crippen molar-refractivity contribution in [1.82, 2.24) is 0 Å². The Labute approximate surface area is 116 Å². The van der Waals surface area contributed by atoms with E-state index >= 15 is 0 Å². The van der Waals surface area contributed by atoms with Crippen LogP contribution in [0.25, 0.3) is 0 Å². The zero-order chi connectivity index (χ0) is 14.6. The maximum Gasteiger partial charge on any atom is 0.147 e. The Bertz CT molecular complexity index is 434. The van der Waals surface area contributed by atoms with E-state index < -0.39 is 17.4 Å². The van der Waals surface area contributed by atoms with Crippen LogP contribution in [0.2, 0.25) is 0 Å². The molecule has 0 aliphatic rings. The van der Waals surface area contributed by atoms with Crippen molar-refractivity contribution in [3.8, 4) is 0 Å². The summed E-state index contributed by atoms with van der Waals surface area (Å²) in [5, 5.41) is 10.4. The van der Waals surface area contributed by atoms with Gasteiger partial charge in [-0.2, -0.15) is 0 Å². The Morgan fingerprint density at radius 3 is 2.26 bits per heavy atom. The van der Waals surface area contributed by atoms with E-state index in [0.717, 1.165) is 5.56 Å². The number of Topliss-reactive ketones (excluding diaryl/α,β-unsaturated/α-hetero) is 1. The molecule has 0 amide bonds. The Morgan fingerprint density at radius 2 is 1.79 bits per heavy atom. The topological polar surface area (TPSA) is 37.3 Å². The first-order valence-corrected chi connectivity index (χ1v) is 6.72. The highest BCUT2D eigenvalue weighted by Crippen LogP contribution is 2.30. The van der Waals surface area contributed by atoms with Crippen molar-refractivity contribution in [3.63, 3.8) is 0 Å². The van der Waals surface area contributed by atoms with Crippen molar-refractivity contribution in [2.45, 2.75) is 39.7 Å². The van der Waals surface area contributed by atoms with Crippen LogP contribution in [0.4, 0.5) is 0 Å². The molecule has 0 aliphatic heterocycles. The molecule has 104 valence electrons. The van der Waals surface area contributed by atoms with Gasteiger partial charge in [0.15, 0.2) is 0 Å². The minimum atomic E-state index is -0.686. The molecular weight excluding hydrogens is 236 g/mol. The predicted octanol–water partition coefficient (Wildman–Crippen LogP) is 3.57. The third kappa shape index (κ3) is 3.54. The molecule has 2 nitrogen and oxygen atoms in total. The summed E-state index contributed by atoms with van der Waals surface area (Å²) in [4.78, 5) is 12.3. The fourth-order valence-corrected chi connectivity index (χ4v) is 2.23. The van der Waals surface area contributed by atoms with Crippen LogP contribution >= 0.6 is 0 Å². The number of ketones is 1. The summed E-state index contributed by atoms with van der Waals surface area (Å²) in [5.74, 6) is -0.457. The van der Waals surface area contributed by atoms with Crippen molar-refractivity contribution >= 4 is 5.78 Å². The lowest BCUT2D eigenvalue weighted by atomic mass is 9.76. The first kappa shape index (κ1) is 15.6. The van der Waals surface area contributed by atoms with Gasteiger partial charge < -0.3 is 5.11 Å². The van der Waals surface area contributed by atoms with Crippen LogP contribution in [0.15, 0.2) is 43.0 Å². The molecule has 0 spiro atoms. The molecule has 0 heterocycles. The molecule has 2 heteroatoms. The molecule has 0 aliphatic carbocycles. The van der Waals surface area contributed by atoms with Gasteiger partial charge in [0.25, 0.3) is 0 Å². The van der Waals surface area contributed by atoms with Gasteiger partial charge in [-0.25, -0.2) is 0 Å². The zero-order valence-electron chi connectivity index (χ0n) is 12.3. The lowest BCUT2D eigenvalue weighted by molar-refractivity contribution is -0.132. The van der Waals surface area contributed by atoms with Gasteiger partial charge in [-0.05, 0) is 19.4 Å². The molecule has 0 unspecified atom stereocenters. The van der Waals surface area contributed by atoms with Crippen LogP contribution in [0.5, 0.6) is 0 Å². The monoisotopic (exact) mass is 260 g/mol. The Morgan fingerprint density at radius 1 is 1.26 bits per heavy atom. The molecule has 19 heavy (non-hydrogen) atoms. The maximum atomic E-state index is 12.3. The normalized spacial score (nSPS) is 16.5. The van der Waals surface area contributed by atoms with E-state index in [1.807, 2.05) is 51.1 Å².